The Morgan fingerprint density at radius 3 is 2.77 bits per heavy atom. The molecule has 1 spiro atoms. The molecule has 0 aromatic heterocycles. The highest BCUT2D eigenvalue weighted by molar-refractivity contribution is 5.99. The van der Waals surface area contributed by atoms with E-state index in [0.717, 1.165) is 12.8 Å². The Morgan fingerprint density at radius 2 is 2.00 bits per heavy atom. The van der Waals surface area contributed by atoms with E-state index in [1.807, 2.05) is 24.3 Å². The van der Waals surface area contributed by atoms with Crippen LogP contribution in [0.15, 0.2) is 24.3 Å². The molecule has 4 aliphatic rings. The Bertz CT molecular complexity index is 765. The summed E-state index contributed by atoms with van der Waals surface area (Å²) < 4.78 is 11.8. The zero-order valence-electron chi connectivity index (χ0n) is 17.4. The second-order valence-electron chi connectivity index (χ2n) is 8.38. The third-order valence-electron chi connectivity index (χ3n) is 6.54. The number of aliphatic hydroxyl groups excluding tert-OH is 1. The van der Waals surface area contributed by atoms with Gasteiger partial charge >= 0.3 is 5.97 Å². The van der Waals surface area contributed by atoms with Gasteiger partial charge in [0.2, 0.25) is 11.8 Å². The molecule has 0 aliphatic carbocycles. The Balaban J connectivity index is 1.77. The van der Waals surface area contributed by atoms with E-state index < -0.39 is 35.6 Å². The molecule has 0 aromatic rings. The predicted octanol–water partition coefficient (Wildman–Crippen LogP) is 0.651. The molecule has 0 bridgehead atoms. The first-order valence-electron chi connectivity index (χ1n) is 10.9. The summed E-state index contributed by atoms with van der Waals surface area (Å²) in [6, 6.07) is -0.841. The van der Waals surface area contributed by atoms with Crippen LogP contribution in [0.4, 0.5) is 0 Å². The van der Waals surface area contributed by atoms with Crippen molar-refractivity contribution < 1.29 is 29.0 Å². The zero-order chi connectivity index (χ0) is 21.3. The van der Waals surface area contributed by atoms with Crippen molar-refractivity contribution in [3.8, 4) is 0 Å². The number of esters is 1. The number of hydrogen-bond donors (Lipinski definition) is 1. The number of carbonyl (C=O) groups excluding carboxylic acids is 3. The van der Waals surface area contributed by atoms with Crippen LogP contribution in [0, 0.1) is 11.8 Å². The molecule has 2 fully saturated rings. The van der Waals surface area contributed by atoms with E-state index in [0.29, 0.717) is 25.9 Å². The molecular weight excluding hydrogens is 388 g/mol. The highest BCUT2D eigenvalue weighted by Gasteiger charge is 2.71. The summed E-state index contributed by atoms with van der Waals surface area (Å²) in [5.74, 6) is -2.48. The van der Waals surface area contributed by atoms with Gasteiger partial charge < -0.3 is 24.4 Å². The smallest absolute Gasteiger partial charge is 0.312 e. The first-order chi connectivity index (χ1) is 14.5. The number of ether oxygens (including phenoxy) is 2. The number of hydrogen-bond acceptors (Lipinski definition) is 6. The summed E-state index contributed by atoms with van der Waals surface area (Å²) in [6.45, 7) is 3.54. The number of fused-ring (bicyclic) bond motifs is 2. The fourth-order valence-corrected chi connectivity index (χ4v) is 5.18. The second-order valence-corrected chi connectivity index (χ2v) is 8.38. The molecule has 2 saturated heterocycles. The van der Waals surface area contributed by atoms with Crippen LogP contribution in [0.5, 0.6) is 0 Å². The standard InChI is InChI=1S/C22H30N2O6/c1-2-3-10-23-11-6-9-22-17(16-15(30-22)8-4-5-14-29-21(16)28)19(26)24(12-7-13-25)18(22)20(23)27/h4,6,8-9,15-18,25H,2-3,5,7,10-14H2,1H3/t15-,16+,17-,18?,22-/m0/s1. The van der Waals surface area contributed by atoms with E-state index in [1.54, 1.807) is 4.90 Å². The van der Waals surface area contributed by atoms with Gasteiger partial charge in [-0.1, -0.05) is 37.6 Å². The van der Waals surface area contributed by atoms with Crippen molar-refractivity contribution in [2.24, 2.45) is 11.8 Å². The molecule has 8 heteroatoms. The van der Waals surface area contributed by atoms with Crippen molar-refractivity contribution in [2.75, 3.05) is 32.8 Å². The second kappa shape index (κ2) is 8.51. The highest BCUT2D eigenvalue weighted by Crippen LogP contribution is 2.53. The Morgan fingerprint density at radius 1 is 1.17 bits per heavy atom. The van der Waals surface area contributed by atoms with Crippen LogP contribution in [-0.2, 0) is 23.9 Å². The SMILES string of the molecule is CCCCN1CC=C[C@]23O[C@H]4C=CCCOC(=O)[C@H]4[C@H]2C(=O)N(CCCO)C3C1=O. The molecule has 5 atom stereocenters. The fraction of sp³-hybridized carbons (Fsp3) is 0.682. The minimum absolute atomic E-state index is 0.0879. The van der Waals surface area contributed by atoms with Crippen LogP contribution >= 0.6 is 0 Å². The largest absolute Gasteiger partial charge is 0.465 e. The molecule has 2 amide bonds. The fourth-order valence-electron chi connectivity index (χ4n) is 5.18. The summed E-state index contributed by atoms with van der Waals surface area (Å²) in [6.07, 6.45) is 9.62. The molecule has 0 aromatic carbocycles. The van der Waals surface area contributed by atoms with Crippen LogP contribution in [0.3, 0.4) is 0 Å². The summed E-state index contributed by atoms with van der Waals surface area (Å²) in [4.78, 5) is 43.3. The first kappa shape index (κ1) is 21.1. The van der Waals surface area contributed by atoms with E-state index >= 15 is 0 Å². The Kier molecular flexibility index (Phi) is 5.97. The van der Waals surface area contributed by atoms with Gasteiger partial charge in [0.1, 0.15) is 17.6 Å². The van der Waals surface area contributed by atoms with Crippen molar-refractivity contribution in [3.63, 3.8) is 0 Å². The number of rotatable bonds is 6. The predicted molar refractivity (Wildman–Crippen MR) is 107 cm³/mol. The monoisotopic (exact) mass is 418 g/mol. The van der Waals surface area contributed by atoms with Gasteiger partial charge in [0.05, 0.1) is 18.6 Å². The molecular formula is C22H30N2O6. The van der Waals surface area contributed by atoms with Gasteiger partial charge in [0.25, 0.3) is 0 Å². The van der Waals surface area contributed by atoms with Crippen molar-refractivity contribution in [3.05, 3.63) is 24.3 Å². The number of amides is 2. The lowest BCUT2D eigenvalue weighted by molar-refractivity contribution is -0.155. The summed E-state index contributed by atoms with van der Waals surface area (Å²) >= 11 is 0. The summed E-state index contributed by atoms with van der Waals surface area (Å²) in [7, 11) is 0. The van der Waals surface area contributed by atoms with Crippen LogP contribution in [-0.4, -0.2) is 83.3 Å². The highest BCUT2D eigenvalue weighted by atomic mass is 16.6. The normalized spacial score (nSPS) is 35.5. The number of likely N-dealkylation sites (tertiary alicyclic amines) is 1. The van der Waals surface area contributed by atoms with Crippen molar-refractivity contribution in [1.82, 2.24) is 9.80 Å². The molecule has 4 aliphatic heterocycles. The number of unbranched alkanes of at least 4 members (excludes halogenated alkanes) is 1. The molecule has 30 heavy (non-hydrogen) atoms. The minimum Gasteiger partial charge on any atom is -0.465 e. The van der Waals surface area contributed by atoms with E-state index in [4.69, 9.17) is 9.47 Å². The molecule has 8 nitrogen and oxygen atoms in total. The van der Waals surface area contributed by atoms with Crippen molar-refractivity contribution in [2.45, 2.75) is 50.4 Å². The van der Waals surface area contributed by atoms with Gasteiger partial charge in [-0.25, -0.2) is 0 Å². The Labute approximate surface area is 176 Å². The molecule has 0 radical (unpaired) electrons. The van der Waals surface area contributed by atoms with Crippen molar-refractivity contribution in [1.29, 1.82) is 0 Å². The lowest BCUT2D eigenvalue weighted by Crippen LogP contribution is -2.55. The Hall–Kier alpha value is -2.19. The van der Waals surface area contributed by atoms with Gasteiger partial charge in [-0.15, -0.1) is 0 Å². The van der Waals surface area contributed by atoms with Gasteiger partial charge in [0.15, 0.2) is 0 Å². The zero-order valence-corrected chi connectivity index (χ0v) is 17.4. The average molecular weight is 418 g/mol. The first-order valence-corrected chi connectivity index (χ1v) is 10.9. The van der Waals surface area contributed by atoms with Gasteiger partial charge in [-0.05, 0) is 19.3 Å². The van der Waals surface area contributed by atoms with Crippen LogP contribution in [0.1, 0.15) is 32.6 Å². The van der Waals surface area contributed by atoms with Crippen LogP contribution < -0.4 is 0 Å². The van der Waals surface area contributed by atoms with Crippen LogP contribution in [0.2, 0.25) is 0 Å². The summed E-state index contributed by atoms with van der Waals surface area (Å²) in [5.41, 5.74) is -1.20. The molecule has 4 rings (SSSR count). The maximum Gasteiger partial charge on any atom is 0.312 e. The third kappa shape index (κ3) is 3.26. The maximum atomic E-state index is 13.6. The summed E-state index contributed by atoms with van der Waals surface area (Å²) in [5, 5.41) is 9.34. The quantitative estimate of drug-likeness (QED) is 0.503. The third-order valence-corrected chi connectivity index (χ3v) is 6.54. The minimum atomic E-state index is -1.20. The molecule has 1 unspecified atom stereocenters. The topological polar surface area (TPSA) is 96.4 Å². The number of cyclic esters (lactones) is 1. The van der Waals surface area contributed by atoms with Gasteiger partial charge in [-0.3, -0.25) is 14.4 Å². The molecule has 4 heterocycles. The van der Waals surface area contributed by atoms with Gasteiger partial charge in [-0.2, -0.15) is 0 Å². The number of aliphatic hydroxyl groups is 1. The van der Waals surface area contributed by atoms with E-state index in [-0.39, 0.29) is 31.6 Å². The van der Waals surface area contributed by atoms with Gasteiger partial charge in [0, 0.05) is 26.2 Å². The van der Waals surface area contributed by atoms with Crippen molar-refractivity contribution >= 4 is 17.8 Å². The maximum absolute atomic E-state index is 13.6. The molecule has 0 saturated carbocycles. The lowest BCUT2D eigenvalue weighted by atomic mass is 9.77. The number of nitrogens with zero attached hydrogens (tertiary/aromatic N) is 2. The van der Waals surface area contributed by atoms with E-state index in [1.165, 1.54) is 4.90 Å². The lowest BCUT2D eigenvalue weighted by Gasteiger charge is -2.35. The average Bonchev–Trinajstić information content (AvgIpc) is 3.10. The molecule has 164 valence electrons. The van der Waals surface area contributed by atoms with Crippen LogP contribution in [0.25, 0.3) is 0 Å². The molecule has 1 N–H and O–H groups in total. The van der Waals surface area contributed by atoms with E-state index in [2.05, 4.69) is 6.92 Å². The number of carbonyl (C=O) groups is 3. The van der Waals surface area contributed by atoms with E-state index in [9.17, 15) is 19.5 Å².